The monoisotopic (exact) mass is 296 g/mol. The Morgan fingerprint density at radius 3 is 2.77 bits per heavy atom. The van der Waals surface area contributed by atoms with E-state index in [0.717, 1.165) is 53.5 Å². The molecule has 116 valence electrons. The molecule has 22 heavy (non-hydrogen) atoms. The summed E-state index contributed by atoms with van der Waals surface area (Å²) in [7, 11) is 0. The maximum absolute atomic E-state index is 13.1. The molecule has 1 fully saturated rings. The molecule has 1 aliphatic rings. The molecule has 0 saturated carbocycles. The number of hydrogen-bond acceptors (Lipinski definition) is 2. The van der Waals surface area contributed by atoms with Crippen molar-refractivity contribution in [3.8, 4) is 0 Å². The Labute approximate surface area is 132 Å². The summed E-state index contributed by atoms with van der Waals surface area (Å²) in [6, 6.07) is 6.56. The molecule has 3 nitrogen and oxygen atoms in total. The molecule has 0 spiro atoms. The van der Waals surface area contributed by atoms with Gasteiger partial charge in [-0.15, -0.1) is 0 Å². The smallest absolute Gasteiger partial charge is 0.254 e. The number of carbonyl (C=O) groups excluding carboxylic acids is 1. The molecule has 3 heteroatoms. The maximum Gasteiger partial charge on any atom is 0.254 e. The van der Waals surface area contributed by atoms with E-state index in [1.54, 1.807) is 0 Å². The number of aromatic nitrogens is 1. The number of benzene rings is 1. The van der Waals surface area contributed by atoms with Crippen LogP contribution in [0.25, 0.3) is 10.9 Å². The highest BCUT2D eigenvalue weighted by molar-refractivity contribution is 6.07. The lowest BCUT2D eigenvalue weighted by Gasteiger charge is -2.25. The van der Waals surface area contributed by atoms with Gasteiger partial charge in [0.25, 0.3) is 5.91 Å². The van der Waals surface area contributed by atoms with Gasteiger partial charge in [0, 0.05) is 23.7 Å². The van der Waals surface area contributed by atoms with Crippen LogP contribution in [0.1, 0.15) is 53.4 Å². The summed E-state index contributed by atoms with van der Waals surface area (Å²) < 4.78 is 0. The zero-order valence-electron chi connectivity index (χ0n) is 13.9. The van der Waals surface area contributed by atoms with E-state index in [2.05, 4.69) is 42.8 Å². The highest BCUT2D eigenvalue weighted by atomic mass is 16.2. The Morgan fingerprint density at radius 1 is 1.27 bits per heavy atom. The van der Waals surface area contributed by atoms with E-state index in [4.69, 9.17) is 0 Å². The van der Waals surface area contributed by atoms with Gasteiger partial charge in [-0.25, -0.2) is 0 Å². The summed E-state index contributed by atoms with van der Waals surface area (Å²) in [6.07, 6.45) is 3.28. The fraction of sp³-hybridized carbons (Fsp3) is 0.474. The van der Waals surface area contributed by atoms with E-state index in [0.29, 0.717) is 6.04 Å². The Kier molecular flexibility index (Phi) is 3.90. The first-order chi connectivity index (χ1) is 10.5. The van der Waals surface area contributed by atoms with Gasteiger partial charge in [0.2, 0.25) is 0 Å². The number of pyridine rings is 1. The second kappa shape index (κ2) is 5.71. The Bertz CT molecular complexity index is 731. The number of aryl methyl sites for hydroxylation is 3. The number of amides is 1. The predicted octanol–water partition coefficient (Wildman–Crippen LogP) is 4.17. The van der Waals surface area contributed by atoms with Crippen molar-refractivity contribution in [2.75, 3.05) is 6.54 Å². The number of rotatable bonds is 2. The third-order valence-corrected chi connectivity index (χ3v) is 4.72. The van der Waals surface area contributed by atoms with Gasteiger partial charge in [0.15, 0.2) is 0 Å². The Morgan fingerprint density at radius 2 is 2.05 bits per heavy atom. The third kappa shape index (κ3) is 2.49. The number of nitrogens with zero attached hydrogens (tertiary/aromatic N) is 2. The molecule has 1 aromatic heterocycles. The highest BCUT2D eigenvalue weighted by Gasteiger charge is 2.29. The van der Waals surface area contributed by atoms with Crippen LogP contribution in [0.5, 0.6) is 0 Å². The lowest BCUT2D eigenvalue weighted by Crippen LogP contribution is -2.35. The lowest BCUT2D eigenvalue weighted by molar-refractivity contribution is 0.0735. The fourth-order valence-electron chi connectivity index (χ4n) is 3.74. The molecule has 0 N–H and O–H groups in total. The lowest BCUT2D eigenvalue weighted by atomic mass is 9.99. The van der Waals surface area contributed by atoms with Gasteiger partial charge < -0.3 is 4.90 Å². The first-order valence-electron chi connectivity index (χ1n) is 8.21. The molecular formula is C19H24N2O. The van der Waals surface area contributed by atoms with Crippen molar-refractivity contribution in [2.24, 2.45) is 0 Å². The zero-order chi connectivity index (χ0) is 15.9. The average molecular weight is 296 g/mol. The van der Waals surface area contributed by atoms with Gasteiger partial charge in [-0.05, 0) is 63.3 Å². The van der Waals surface area contributed by atoms with Crippen LogP contribution >= 0.6 is 0 Å². The Balaban J connectivity index is 2.16. The van der Waals surface area contributed by atoms with Crippen LogP contribution in [0.4, 0.5) is 0 Å². The molecule has 0 radical (unpaired) electrons. The summed E-state index contributed by atoms with van der Waals surface area (Å²) in [4.78, 5) is 19.8. The minimum Gasteiger partial charge on any atom is -0.336 e. The summed E-state index contributed by atoms with van der Waals surface area (Å²) in [6.45, 7) is 9.16. The molecule has 2 heterocycles. The highest BCUT2D eigenvalue weighted by Crippen LogP contribution is 2.28. The number of hydrogen-bond donors (Lipinski definition) is 0. The van der Waals surface area contributed by atoms with Crippen molar-refractivity contribution in [1.29, 1.82) is 0 Å². The van der Waals surface area contributed by atoms with Crippen molar-refractivity contribution in [3.63, 3.8) is 0 Å². The molecule has 0 unspecified atom stereocenters. The molecule has 3 rings (SSSR count). The Hall–Kier alpha value is -1.90. The average Bonchev–Trinajstić information content (AvgIpc) is 2.93. The van der Waals surface area contributed by atoms with Crippen molar-refractivity contribution >= 4 is 16.8 Å². The molecule has 1 aliphatic heterocycles. The first kappa shape index (κ1) is 15.0. The minimum atomic E-state index is 0.173. The molecule has 2 aromatic rings. The molecular weight excluding hydrogens is 272 g/mol. The van der Waals surface area contributed by atoms with Crippen LogP contribution in [0, 0.1) is 20.8 Å². The number of likely N-dealkylation sites (tertiary alicyclic amines) is 1. The largest absolute Gasteiger partial charge is 0.336 e. The molecule has 0 bridgehead atoms. The van der Waals surface area contributed by atoms with Gasteiger partial charge in [0.1, 0.15) is 0 Å². The topological polar surface area (TPSA) is 33.2 Å². The predicted molar refractivity (Wildman–Crippen MR) is 90.3 cm³/mol. The summed E-state index contributed by atoms with van der Waals surface area (Å²) in [5.74, 6) is 0.173. The molecule has 0 aliphatic carbocycles. The standard InChI is InChI=1S/C19H24N2O/c1-5-15-7-6-8-21(15)19(22)16-11-14(4)20-17-10-12(2)9-13(3)18(16)17/h9-11,15H,5-8H2,1-4H3/t15-/m1/s1. The SMILES string of the molecule is CC[C@@H]1CCCN1C(=O)c1cc(C)nc2cc(C)cc(C)c12. The van der Waals surface area contributed by atoms with Crippen molar-refractivity contribution in [1.82, 2.24) is 9.88 Å². The van der Waals surface area contributed by atoms with Gasteiger partial charge >= 0.3 is 0 Å². The minimum absolute atomic E-state index is 0.173. The van der Waals surface area contributed by atoms with Gasteiger partial charge in [-0.2, -0.15) is 0 Å². The van der Waals surface area contributed by atoms with Crippen molar-refractivity contribution in [3.05, 3.63) is 40.6 Å². The molecule has 1 aromatic carbocycles. The van der Waals surface area contributed by atoms with Gasteiger partial charge in [-0.1, -0.05) is 13.0 Å². The van der Waals surface area contributed by atoms with E-state index >= 15 is 0 Å². The van der Waals surface area contributed by atoms with Crippen LogP contribution < -0.4 is 0 Å². The second-order valence-electron chi connectivity index (χ2n) is 6.49. The van der Waals surface area contributed by atoms with Crippen molar-refractivity contribution < 1.29 is 4.79 Å². The maximum atomic E-state index is 13.1. The van der Waals surface area contributed by atoms with Gasteiger partial charge in [-0.3, -0.25) is 9.78 Å². The molecule has 1 atom stereocenters. The van der Waals surface area contributed by atoms with E-state index in [9.17, 15) is 4.79 Å². The summed E-state index contributed by atoms with van der Waals surface area (Å²) in [5.41, 5.74) is 4.99. The third-order valence-electron chi connectivity index (χ3n) is 4.72. The normalized spacial score (nSPS) is 18.2. The van der Waals surface area contributed by atoms with Crippen LogP contribution in [0.3, 0.4) is 0 Å². The van der Waals surface area contributed by atoms with Gasteiger partial charge in [0.05, 0.1) is 11.1 Å². The van der Waals surface area contributed by atoms with E-state index in [-0.39, 0.29) is 5.91 Å². The number of carbonyl (C=O) groups is 1. The molecule has 1 saturated heterocycles. The van der Waals surface area contributed by atoms with E-state index in [1.807, 2.05) is 13.0 Å². The van der Waals surface area contributed by atoms with E-state index < -0.39 is 0 Å². The second-order valence-corrected chi connectivity index (χ2v) is 6.49. The summed E-state index contributed by atoms with van der Waals surface area (Å²) >= 11 is 0. The number of fused-ring (bicyclic) bond motifs is 1. The summed E-state index contributed by atoms with van der Waals surface area (Å²) in [5, 5.41) is 1.02. The quantitative estimate of drug-likeness (QED) is 0.833. The fourth-order valence-corrected chi connectivity index (χ4v) is 3.74. The van der Waals surface area contributed by atoms with Crippen LogP contribution in [0.2, 0.25) is 0 Å². The van der Waals surface area contributed by atoms with E-state index in [1.165, 1.54) is 5.56 Å². The van der Waals surface area contributed by atoms with Crippen molar-refractivity contribution in [2.45, 2.75) is 53.0 Å². The van der Waals surface area contributed by atoms with Crippen LogP contribution in [-0.2, 0) is 0 Å². The first-order valence-corrected chi connectivity index (χ1v) is 8.21. The molecule has 1 amide bonds. The van der Waals surface area contributed by atoms with Crippen LogP contribution in [0.15, 0.2) is 18.2 Å². The zero-order valence-corrected chi connectivity index (χ0v) is 13.9. The van der Waals surface area contributed by atoms with Crippen LogP contribution in [-0.4, -0.2) is 28.4 Å².